The number of hydrogen-bond donors (Lipinski definition) is 3. The minimum atomic E-state index is -0.965. The van der Waals surface area contributed by atoms with Gasteiger partial charge in [0.05, 0.1) is 68.6 Å². The molecule has 0 spiro atoms. The Bertz CT molecular complexity index is 3760. The van der Waals surface area contributed by atoms with Crippen molar-refractivity contribution in [2.24, 2.45) is 15.9 Å². The van der Waals surface area contributed by atoms with E-state index >= 15 is 0 Å². The lowest BCUT2D eigenvalue weighted by Gasteiger charge is -2.32. The maximum atomic E-state index is 14.6. The van der Waals surface area contributed by atoms with Crippen LogP contribution in [-0.4, -0.2) is 117 Å². The van der Waals surface area contributed by atoms with Crippen molar-refractivity contribution >= 4 is 70.4 Å². The summed E-state index contributed by atoms with van der Waals surface area (Å²) in [6.07, 6.45) is 8.33. The van der Waals surface area contributed by atoms with Crippen LogP contribution < -0.4 is 39.6 Å². The van der Waals surface area contributed by atoms with Gasteiger partial charge >= 0.3 is 6.09 Å². The van der Waals surface area contributed by atoms with Crippen LogP contribution in [0.25, 0.3) is 22.3 Å². The van der Waals surface area contributed by atoms with Gasteiger partial charge in [0.1, 0.15) is 18.7 Å². The first-order valence-corrected chi connectivity index (χ1v) is 28.6. The van der Waals surface area contributed by atoms with Gasteiger partial charge in [-0.2, -0.15) is 0 Å². The predicted molar refractivity (Wildman–Crippen MR) is 325 cm³/mol. The number of aliphatic imine (C=N–C) groups is 2. The van der Waals surface area contributed by atoms with Crippen LogP contribution >= 0.6 is 0 Å². The van der Waals surface area contributed by atoms with Gasteiger partial charge in [-0.15, -0.1) is 0 Å². The number of halogens is 1. The average molecular weight is 1160 g/mol. The lowest BCUT2D eigenvalue weighted by atomic mass is 9.89. The third-order valence-electron chi connectivity index (χ3n) is 16.4. The first-order valence-electron chi connectivity index (χ1n) is 28.6. The topological polar surface area (TPSA) is 208 Å². The molecule has 11 rings (SSSR count). The van der Waals surface area contributed by atoms with Gasteiger partial charge in [0.25, 0.3) is 11.8 Å². The molecule has 4 aliphatic heterocycles. The zero-order valence-corrected chi connectivity index (χ0v) is 48.8. The van der Waals surface area contributed by atoms with Gasteiger partial charge in [0.2, 0.25) is 11.8 Å². The van der Waals surface area contributed by atoms with Gasteiger partial charge in [0.15, 0.2) is 34.6 Å². The summed E-state index contributed by atoms with van der Waals surface area (Å²) in [5, 5.41) is 8.34. The van der Waals surface area contributed by atoms with Crippen molar-refractivity contribution < 1.29 is 56.8 Å². The van der Waals surface area contributed by atoms with Crippen molar-refractivity contribution in [1.29, 1.82) is 0 Å². The number of nitrogens with one attached hydrogen (secondary N) is 3. The Hall–Kier alpha value is -9.78. The highest BCUT2D eigenvalue weighted by Gasteiger charge is 2.45. The molecule has 19 heteroatoms. The molecule has 0 fully saturated rings. The third kappa shape index (κ3) is 11.4. The van der Waals surface area contributed by atoms with Crippen LogP contribution in [0.1, 0.15) is 102 Å². The number of carbonyl (C=O) groups excluding carboxylic acids is 5. The molecule has 4 heterocycles. The molecule has 442 valence electrons. The number of anilines is 1. The summed E-state index contributed by atoms with van der Waals surface area (Å²) in [6.45, 7) is 7.73. The number of fused-ring (bicyclic) bond motifs is 7. The molecule has 6 aromatic rings. The molecule has 3 N–H and O–H groups in total. The first kappa shape index (κ1) is 58.0. The molecule has 86 heavy (non-hydrogen) atoms. The summed E-state index contributed by atoms with van der Waals surface area (Å²) >= 11 is 0. The van der Waals surface area contributed by atoms with Gasteiger partial charge in [-0.25, -0.2) is 9.18 Å². The fourth-order valence-electron chi connectivity index (χ4n) is 11.6. The number of nitrogens with zero attached hydrogens (tertiary/aromatic N) is 4. The largest absolute Gasteiger partial charge is 0.494 e. The van der Waals surface area contributed by atoms with Crippen molar-refractivity contribution in [3.8, 4) is 39.9 Å². The fourth-order valence-corrected chi connectivity index (χ4v) is 11.6. The van der Waals surface area contributed by atoms with E-state index in [0.717, 1.165) is 39.0 Å². The molecule has 6 aromatic carbocycles. The van der Waals surface area contributed by atoms with Gasteiger partial charge < -0.3 is 54.2 Å². The fraction of sp³-hybridized carbons (Fsp3) is 0.299. The molecule has 0 bridgehead atoms. The Morgan fingerprint density at radius 2 is 1.29 bits per heavy atom. The maximum Gasteiger partial charge on any atom is 0.407 e. The second-order valence-corrected chi connectivity index (χ2v) is 22.1. The van der Waals surface area contributed by atoms with E-state index in [2.05, 4.69) is 33.1 Å². The highest BCUT2D eigenvalue weighted by atomic mass is 19.1. The highest BCUT2D eigenvalue weighted by molar-refractivity contribution is 6.07. The van der Waals surface area contributed by atoms with Crippen LogP contribution in [0.5, 0.6) is 28.7 Å². The summed E-state index contributed by atoms with van der Waals surface area (Å²) in [5.74, 6) is -0.801. The second kappa shape index (κ2) is 24.4. The Morgan fingerprint density at radius 3 is 1.91 bits per heavy atom. The molecule has 0 saturated heterocycles. The molecule has 0 unspecified atom stereocenters. The van der Waals surface area contributed by atoms with Crippen LogP contribution in [0, 0.1) is 11.7 Å². The van der Waals surface area contributed by atoms with E-state index < -0.39 is 41.3 Å². The van der Waals surface area contributed by atoms with E-state index in [1.807, 2.05) is 67.9 Å². The quantitative estimate of drug-likeness (QED) is 0.0613. The Labute approximate surface area is 497 Å². The van der Waals surface area contributed by atoms with Crippen molar-refractivity contribution in [3.05, 3.63) is 167 Å². The molecule has 0 radical (unpaired) electrons. The highest BCUT2D eigenvalue weighted by Crippen LogP contribution is 2.47. The molecule has 5 aliphatic rings. The van der Waals surface area contributed by atoms with Gasteiger partial charge in [-0.1, -0.05) is 87.5 Å². The molecule has 0 saturated carbocycles. The number of methoxy groups -OCH3 is 3. The number of benzene rings is 6. The predicted octanol–water partition coefficient (Wildman–Crippen LogP) is 11.4. The van der Waals surface area contributed by atoms with Crippen molar-refractivity contribution in [2.75, 3.05) is 46.5 Å². The molecule has 5 amide bonds. The van der Waals surface area contributed by atoms with Crippen molar-refractivity contribution in [3.63, 3.8) is 0 Å². The summed E-state index contributed by atoms with van der Waals surface area (Å²) < 4.78 is 49.1. The number of rotatable bonds is 20. The molecule has 0 aromatic heterocycles. The Morgan fingerprint density at radius 1 is 0.674 bits per heavy atom. The van der Waals surface area contributed by atoms with Gasteiger partial charge in [-0.05, 0) is 100 Å². The Balaban J connectivity index is 0.674. The van der Waals surface area contributed by atoms with Crippen LogP contribution in [0.15, 0.2) is 138 Å². The lowest BCUT2D eigenvalue weighted by molar-refractivity contribution is -0.128. The molecule has 18 nitrogen and oxygen atoms in total. The zero-order valence-electron chi connectivity index (χ0n) is 48.8. The van der Waals surface area contributed by atoms with Crippen LogP contribution in [0.4, 0.5) is 26.2 Å². The number of ether oxygens (including phenoxy) is 6. The van der Waals surface area contributed by atoms with E-state index in [1.165, 1.54) is 27.4 Å². The second-order valence-electron chi connectivity index (χ2n) is 22.1. The molecule has 1 aliphatic carbocycles. The van der Waals surface area contributed by atoms with E-state index in [4.69, 9.17) is 33.4 Å². The summed E-state index contributed by atoms with van der Waals surface area (Å²) in [4.78, 5) is 81.5. The molecule has 4 atom stereocenters. The summed E-state index contributed by atoms with van der Waals surface area (Å²) in [5.41, 5.74) is 8.83. The van der Waals surface area contributed by atoms with E-state index in [-0.39, 0.29) is 55.3 Å². The number of hydrogen-bond acceptors (Lipinski definition) is 13. The number of carbonyl (C=O) groups is 5. The average Bonchev–Trinajstić information content (AvgIpc) is 1.80. The standard InChI is InChI=1S/C67H66FN7O11/c1-8-67-32-43(40-18-21-44(22-19-40)72-62(76)39(4)71-63(77)61(38(2)3)73-66(80)86-36-52-48-16-11-9-14-46(48)47-15-10-12-17-49(47)52)35-75(67)65(79)51-29-58(83-7)60(31-55(51)70-37-67)85-25-13-24-84-59-30-54-50(28-57(59)82-6)64(78)74-34-42(26-45(74)33-69-54)41-20-23-56(81-5)53(68)27-41/h9-12,14-23,27-31,33-35,37-39,45,52,61H,8,13,24-26,32,36H2,1-7H3,(H,71,77)(H,72,76)(H,73,80)/t39-,45-,61-,67-/m0/s1. The minimum absolute atomic E-state index is 0.0946. The van der Waals surface area contributed by atoms with E-state index in [9.17, 15) is 28.4 Å². The van der Waals surface area contributed by atoms with Gasteiger partial charge in [0, 0.05) is 67.8 Å². The maximum absolute atomic E-state index is 14.6. The van der Waals surface area contributed by atoms with Crippen LogP contribution in [0.2, 0.25) is 0 Å². The smallest absolute Gasteiger partial charge is 0.407 e. The van der Waals surface area contributed by atoms with E-state index in [1.54, 1.807) is 91.5 Å². The normalized spacial score (nSPS) is 17.8. The number of alkyl carbamates (subject to hydrolysis) is 1. The van der Waals surface area contributed by atoms with E-state index in [0.29, 0.717) is 82.4 Å². The first-order chi connectivity index (χ1) is 41.6. The molecular formula is C67H66FN7O11. The monoisotopic (exact) mass is 1160 g/mol. The Kier molecular flexibility index (Phi) is 16.5. The lowest BCUT2D eigenvalue weighted by Crippen LogP contribution is -2.53. The minimum Gasteiger partial charge on any atom is -0.494 e. The van der Waals surface area contributed by atoms with Crippen LogP contribution in [0.3, 0.4) is 0 Å². The van der Waals surface area contributed by atoms with Crippen molar-refractivity contribution in [1.82, 2.24) is 20.4 Å². The van der Waals surface area contributed by atoms with Gasteiger partial charge in [-0.3, -0.25) is 29.2 Å². The summed E-state index contributed by atoms with van der Waals surface area (Å²) in [7, 11) is 4.41. The summed E-state index contributed by atoms with van der Waals surface area (Å²) in [6, 6.07) is 32.5. The van der Waals surface area contributed by atoms with Crippen LogP contribution in [-0.2, 0) is 14.3 Å². The zero-order chi connectivity index (χ0) is 60.4. The SMILES string of the molecule is CC[C@]12C=Nc3cc(OCCCOc4cc5c(cc4OC)C(=O)N4C=C(c6ccc(OC)c(F)c6)C[C@H]4C=N5)c(OC)cc3C(=O)N1C=C(c1ccc(NC(=O)[C@H](C)NC(=O)[C@@H](NC(=O)OCC3c4ccccc4-c4ccccc43)C(C)C)cc1)C2. The third-order valence-corrected chi connectivity index (χ3v) is 16.4. The number of amides is 5. The molecular weight excluding hydrogens is 1100 g/mol. The van der Waals surface area contributed by atoms with Crippen molar-refractivity contribution in [2.45, 2.75) is 83.0 Å².